The van der Waals surface area contributed by atoms with Gasteiger partial charge >= 0.3 is 0 Å². The zero-order chi connectivity index (χ0) is 9.84. The molecule has 0 N–H and O–H groups in total. The Labute approximate surface area is 81.7 Å². The second kappa shape index (κ2) is 4.06. The summed E-state index contributed by atoms with van der Waals surface area (Å²) >= 11 is 5.67. The largest absolute Gasteiger partial charge is 0.298 e. The van der Waals surface area contributed by atoms with Crippen molar-refractivity contribution in [2.24, 2.45) is 0 Å². The van der Waals surface area contributed by atoms with Crippen molar-refractivity contribution in [2.45, 2.75) is 12.8 Å². The standard InChI is InChI=1S/C10H8ClNO/c1-7(13)10(6-12)8-2-4-9(11)5-3-8/h2-5,10H,1H3/t10-/m1/s1. The van der Waals surface area contributed by atoms with E-state index in [-0.39, 0.29) is 5.78 Å². The van der Waals surface area contributed by atoms with Crippen LogP contribution in [-0.4, -0.2) is 5.78 Å². The highest BCUT2D eigenvalue weighted by Gasteiger charge is 2.14. The van der Waals surface area contributed by atoms with Gasteiger partial charge in [-0.05, 0) is 24.6 Å². The molecule has 1 rings (SSSR count). The molecule has 0 unspecified atom stereocenters. The second-order valence-electron chi connectivity index (χ2n) is 2.72. The minimum absolute atomic E-state index is 0.148. The molecule has 1 aromatic carbocycles. The van der Waals surface area contributed by atoms with Gasteiger partial charge in [-0.15, -0.1) is 0 Å². The molecule has 0 radical (unpaired) electrons. The Kier molecular flexibility index (Phi) is 3.05. The smallest absolute Gasteiger partial charge is 0.151 e. The first-order valence-corrected chi connectivity index (χ1v) is 4.18. The van der Waals surface area contributed by atoms with Crippen molar-refractivity contribution >= 4 is 17.4 Å². The van der Waals surface area contributed by atoms with Crippen LogP contribution in [-0.2, 0) is 4.79 Å². The summed E-state index contributed by atoms with van der Waals surface area (Å²) in [5.74, 6) is -0.818. The first kappa shape index (κ1) is 9.76. The van der Waals surface area contributed by atoms with E-state index >= 15 is 0 Å². The van der Waals surface area contributed by atoms with Gasteiger partial charge in [0.05, 0.1) is 6.07 Å². The third-order valence-corrected chi connectivity index (χ3v) is 1.99. The summed E-state index contributed by atoms with van der Waals surface area (Å²) in [6.07, 6.45) is 0. The molecule has 2 nitrogen and oxygen atoms in total. The van der Waals surface area contributed by atoms with E-state index in [0.717, 1.165) is 0 Å². The van der Waals surface area contributed by atoms with E-state index in [1.54, 1.807) is 24.3 Å². The highest BCUT2D eigenvalue weighted by atomic mass is 35.5. The lowest BCUT2D eigenvalue weighted by atomic mass is 9.97. The third-order valence-electron chi connectivity index (χ3n) is 1.74. The molecule has 0 amide bonds. The van der Waals surface area contributed by atoms with Crippen LogP contribution < -0.4 is 0 Å². The number of halogens is 1. The summed E-state index contributed by atoms with van der Waals surface area (Å²) in [6.45, 7) is 1.41. The number of Topliss-reactive ketones (excluding diaryl/α,β-unsaturated/α-hetero) is 1. The first-order valence-electron chi connectivity index (χ1n) is 3.80. The molecule has 0 aliphatic rings. The molecule has 0 aliphatic carbocycles. The summed E-state index contributed by atoms with van der Waals surface area (Å²) in [6, 6.07) is 8.67. The van der Waals surface area contributed by atoms with Crippen molar-refractivity contribution in [3.63, 3.8) is 0 Å². The van der Waals surface area contributed by atoms with Crippen molar-refractivity contribution in [1.29, 1.82) is 5.26 Å². The molecule has 1 atom stereocenters. The maximum Gasteiger partial charge on any atom is 0.151 e. The monoisotopic (exact) mass is 193 g/mol. The van der Waals surface area contributed by atoms with E-state index in [2.05, 4.69) is 0 Å². The Hall–Kier alpha value is -1.33. The minimum Gasteiger partial charge on any atom is -0.298 e. The minimum atomic E-state index is -0.669. The zero-order valence-electron chi connectivity index (χ0n) is 7.12. The predicted octanol–water partition coefficient (Wildman–Crippen LogP) is 2.54. The molecule has 0 saturated carbocycles. The Bertz CT molecular complexity index is 350. The van der Waals surface area contributed by atoms with E-state index < -0.39 is 5.92 Å². The number of hydrogen-bond acceptors (Lipinski definition) is 2. The Balaban J connectivity index is 3.01. The van der Waals surface area contributed by atoms with E-state index in [1.165, 1.54) is 6.92 Å². The van der Waals surface area contributed by atoms with Crippen LogP contribution in [0.2, 0.25) is 5.02 Å². The van der Waals surface area contributed by atoms with E-state index in [9.17, 15) is 4.79 Å². The average Bonchev–Trinajstić information content (AvgIpc) is 2.09. The SMILES string of the molecule is CC(=O)[C@@H](C#N)c1ccc(Cl)cc1. The molecular weight excluding hydrogens is 186 g/mol. The van der Waals surface area contributed by atoms with Crippen LogP contribution in [0.25, 0.3) is 0 Å². The van der Waals surface area contributed by atoms with Crippen molar-refractivity contribution < 1.29 is 4.79 Å². The van der Waals surface area contributed by atoms with Gasteiger partial charge in [0.25, 0.3) is 0 Å². The molecule has 0 saturated heterocycles. The van der Waals surface area contributed by atoms with E-state index in [4.69, 9.17) is 16.9 Å². The van der Waals surface area contributed by atoms with Crippen LogP contribution in [0.15, 0.2) is 24.3 Å². The summed E-state index contributed by atoms with van der Waals surface area (Å²) < 4.78 is 0. The van der Waals surface area contributed by atoms with Crippen molar-refractivity contribution in [3.8, 4) is 6.07 Å². The lowest BCUT2D eigenvalue weighted by Crippen LogP contribution is -2.05. The average molecular weight is 194 g/mol. The van der Waals surface area contributed by atoms with Gasteiger partial charge in [-0.25, -0.2) is 0 Å². The van der Waals surface area contributed by atoms with Crippen molar-refractivity contribution in [3.05, 3.63) is 34.9 Å². The Morgan fingerprint density at radius 3 is 2.38 bits per heavy atom. The van der Waals surface area contributed by atoms with Crippen LogP contribution in [0, 0.1) is 11.3 Å². The number of nitrogens with zero attached hydrogens (tertiary/aromatic N) is 1. The fourth-order valence-electron chi connectivity index (χ4n) is 1.06. The molecule has 13 heavy (non-hydrogen) atoms. The number of rotatable bonds is 2. The van der Waals surface area contributed by atoms with Crippen LogP contribution >= 0.6 is 11.6 Å². The molecule has 66 valence electrons. The first-order chi connectivity index (χ1) is 6.15. The molecule has 0 bridgehead atoms. The third kappa shape index (κ3) is 2.30. The molecule has 0 heterocycles. The number of ketones is 1. The van der Waals surface area contributed by atoms with Gasteiger partial charge < -0.3 is 0 Å². The van der Waals surface area contributed by atoms with Crippen LogP contribution in [0.4, 0.5) is 0 Å². The van der Waals surface area contributed by atoms with Crippen molar-refractivity contribution in [2.75, 3.05) is 0 Å². The topological polar surface area (TPSA) is 40.9 Å². The molecule has 0 spiro atoms. The summed E-state index contributed by atoms with van der Waals surface area (Å²) in [5, 5.41) is 9.32. The van der Waals surface area contributed by atoms with Gasteiger partial charge in [0.2, 0.25) is 0 Å². The summed E-state index contributed by atoms with van der Waals surface area (Å²) in [5.41, 5.74) is 0.694. The maximum absolute atomic E-state index is 11.0. The molecule has 0 fully saturated rings. The number of carbonyl (C=O) groups is 1. The van der Waals surface area contributed by atoms with Gasteiger partial charge in [0.1, 0.15) is 5.92 Å². The van der Waals surface area contributed by atoms with Gasteiger partial charge in [-0.3, -0.25) is 4.79 Å². The Morgan fingerprint density at radius 2 is 2.00 bits per heavy atom. The van der Waals surface area contributed by atoms with Gasteiger partial charge in [-0.1, -0.05) is 23.7 Å². The molecular formula is C10H8ClNO. The van der Waals surface area contributed by atoms with Crippen LogP contribution in [0.5, 0.6) is 0 Å². The van der Waals surface area contributed by atoms with Gasteiger partial charge in [0, 0.05) is 5.02 Å². The number of nitriles is 1. The summed E-state index contributed by atoms with van der Waals surface area (Å²) in [7, 11) is 0. The quantitative estimate of drug-likeness (QED) is 0.724. The second-order valence-corrected chi connectivity index (χ2v) is 3.16. The number of benzene rings is 1. The van der Waals surface area contributed by atoms with Crippen LogP contribution in [0.1, 0.15) is 18.4 Å². The van der Waals surface area contributed by atoms with Crippen molar-refractivity contribution in [1.82, 2.24) is 0 Å². The fraction of sp³-hybridized carbons (Fsp3) is 0.200. The molecule has 0 aromatic heterocycles. The molecule has 1 aromatic rings. The lowest BCUT2D eigenvalue weighted by Gasteiger charge is -2.04. The fourth-order valence-corrected chi connectivity index (χ4v) is 1.18. The number of carbonyl (C=O) groups excluding carboxylic acids is 1. The molecule has 0 aliphatic heterocycles. The molecule has 3 heteroatoms. The zero-order valence-corrected chi connectivity index (χ0v) is 7.88. The van der Waals surface area contributed by atoms with Gasteiger partial charge in [0.15, 0.2) is 5.78 Å². The summed E-state index contributed by atoms with van der Waals surface area (Å²) in [4.78, 5) is 11.0. The van der Waals surface area contributed by atoms with E-state index in [0.29, 0.717) is 10.6 Å². The van der Waals surface area contributed by atoms with E-state index in [1.807, 2.05) is 6.07 Å². The number of hydrogen-bond donors (Lipinski definition) is 0. The Morgan fingerprint density at radius 1 is 1.46 bits per heavy atom. The van der Waals surface area contributed by atoms with Crippen LogP contribution in [0.3, 0.4) is 0 Å². The highest BCUT2D eigenvalue weighted by molar-refractivity contribution is 6.30. The lowest BCUT2D eigenvalue weighted by molar-refractivity contribution is -0.117. The predicted molar refractivity (Wildman–Crippen MR) is 50.5 cm³/mol. The maximum atomic E-state index is 11.0. The normalized spacial score (nSPS) is 11.8. The highest BCUT2D eigenvalue weighted by Crippen LogP contribution is 2.18. The van der Waals surface area contributed by atoms with Gasteiger partial charge in [-0.2, -0.15) is 5.26 Å².